The van der Waals surface area contributed by atoms with E-state index in [1.165, 1.54) is 21.5 Å². The van der Waals surface area contributed by atoms with E-state index in [1.54, 1.807) is 18.4 Å². The molecule has 2 aromatic rings. The molecule has 1 aliphatic carbocycles. The highest BCUT2D eigenvalue weighted by Crippen LogP contribution is 2.35. The Morgan fingerprint density at radius 3 is 3.12 bits per heavy atom. The molecule has 0 amide bonds. The van der Waals surface area contributed by atoms with Crippen molar-refractivity contribution in [2.24, 2.45) is 13.0 Å². The molecule has 0 aliphatic heterocycles. The van der Waals surface area contributed by atoms with Crippen LogP contribution in [0.4, 0.5) is 0 Å². The summed E-state index contributed by atoms with van der Waals surface area (Å²) in [6.07, 6.45) is 3.27. The van der Waals surface area contributed by atoms with Gasteiger partial charge in [0.05, 0.1) is 5.39 Å². The summed E-state index contributed by atoms with van der Waals surface area (Å²) in [5.74, 6) is 0.720. The Labute approximate surface area is 96.9 Å². The van der Waals surface area contributed by atoms with Crippen LogP contribution in [0.2, 0.25) is 0 Å². The van der Waals surface area contributed by atoms with Crippen molar-refractivity contribution in [3.8, 4) is 0 Å². The Balaban J connectivity index is 2.35. The second-order valence-electron chi connectivity index (χ2n) is 4.55. The summed E-state index contributed by atoms with van der Waals surface area (Å²) in [5.41, 5.74) is 1.23. The largest absolute Gasteiger partial charge is 0.278 e. The van der Waals surface area contributed by atoms with Gasteiger partial charge in [0.25, 0.3) is 5.56 Å². The second-order valence-corrected chi connectivity index (χ2v) is 5.63. The van der Waals surface area contributed by atoms with Crippen molar-refractivity contribution in [1.82, 2.24) is 15.0 Å². The van der Waals surface area contributed by atoms with Gasteiger partial charge in [0.15, 0.2) is 4.83 Å². The molecular formula is C11H13N3OS. The van der Waals surface area contributed by atoms with Crippen molar-refractivity contribution in [2.75, 3.05) is 0 Å². The van der Waals surface area contributed by atoms with Gasteiger partial charge in [-0.3, -0.25) is 4.79 Å². The van der Waals surface area contributed by atoms with Gasteiger partial charge in [-0.2, -0.15) is 0 Å². The molecular weight excluding hydrogens is 222 g/mol. The first-order chi connectivity index (χ1) is 7.66. The third kappa shape index (κ3) is 1.31. The minimum atomic E-state index is -0.00273. The monoisotopic (exact) mass is 235 g/mol. The number of fused-ring (bicyclic) bond motifs is 3. The standard InChI is InChI=1S/C11H13N3OS/c1-6-3-4-7-8(5-6)16-10-9(7)11(15)14(2)13-12-10/h6H,3-5H2,1-2H3. The fraction of sp³-hybridized carbons (Fsp3) is 0.545. The van der Waals surface area contributed by atoms with Gasteiger partial charge in [-0.1, -0.05) is 12.1 Å². The number of hydrogen-bond donors (Lipinski definition) is 0. The van der Waals surface area contributed by atoms with Crippen LogP contribution >= 0.6 is 11.3 Å². The molecule has 1 atom stereocenters. The van der Waals surface area contributed by atoms with Gasteiger partial charge in [0.2, 0.25) is 0 Å². The summed E-state index contributed by atoms with van der Waals surface area (Å²) in [6.45, 7) is 2.26. The minimum Gasteiger partial charge on any atom is -0.267 e. The molecule has 1 unspecified atom stereocenters. The van der Waals surface area contributed by atoms with Gasteiger partial charge >= 0.3 is 0 Å². The van der Waals surface area contributed by atoms with Gasteiger partial charge in [-0.25, -0.2) is 4.68 Å². The van der Waals surface area contributed by atoms with Crippen LogP contribution in [0.15, 0.2) is 4.79 Å². The molecule has 84 valence electrons. The summed E-state index contributed by atoms with van der Waals surface area (Å²) in [7, 11) is 1.66. The number of hydrogen-bond acceptors (Lipinski definition) is 4. The number of aryl methyl sites for hydroxylation is 2. The molecule has 4 nitrogen and oxygen atoms in total. The maximum atomic E-state index is 12.0. The van der Waals surface area contributed by atoms with Crippen molar-refractivity contribution < 1.29 is 0 Å². The predicted molar refractivity (Wildman–Crippen MR) is 63.8 cm³/mol. The summed E-state index contributed by atoms with van der Waals surface area (Å²) >= 11 is 1.64. The Morgan fingerprint density at radius 2 is 2.31 bits per heavy atom. The molecule has 0 saturated heterocycles. The summed E-state index contributed by atoms with van der Waals surface area (Å²) in [5, 5.41) is 8.75. The molecule has 5 heteroatoms. The Kier molecular flexibility index (Phi) is 2.10. The molecule has 3 rings (SSSR count). The highest BCUT2D eigenvalue weighted by Gasteiger charge is 2.22. The summed E-state index contributed by atoms with van der Waals surface area (Å²) in [6, 6.07) is 0. The predicted octanol–water partition coefficient (Wildman–Crippen LogP) is 1.51. The van der Waals surface area contributed by atoms with Gasteiger partial charge in [0.1, 0.15) is 0 Å². The van der Waals surface area contributed by atoms with E-state index in [2.05, 4.69) is 17.2 Å². The smallest absolute Gasteiger partial charge is 0.267 e. The van der Waals surface area contributed by atoms with Crippen LogP contribution in [0.3, 0.4) is 0 Å². The lowest BCUT2D eigenvalue weighted by atomic mass is 9.89. The van der Waals surface area contributed by atoms with Crippen molar-refractivity contribution in [3.05, 3.63) is 20.8 Å². The van der Waals surface area contributed by atoms with Gasteiger partial charge < -0.3 is 0 Å². The van der Waals surface area contributed by atoms with Crippen LogP contribution < -0.4 is 5.56 Å². The Morgan fingerprint density at radius 1 is 1.50 bits per heavy atom. The minimum absolute atomic E-state index is 0.00273. The highest BCUT2D eigenvalue weighted by molar-refractivity contribution is 7.18. The fourth-order valence-electron chi connectivity index (χ4n) is 2.34. The molecule has 0 fully saturated rings. The number of thiophene rings is 1. The van der Waals surface area contributed by atoms with E-state index in [0.29, 0.717) is 0 Å². The lowest BCUT2D eigenvalue weighted by Gasteiger charge is -2.17. The van der Waals surface area contributed by atoms with Crippen LogP contribution in [0, 0.1) is 5.92 Å². The SMILES string of the molecule is CC1CCc2c(sc3nnn(C)c(=O)c23)C1. The van der Waals surface area contributed by atoms with Crippen molar-refractivity contribution in [1.29, 1.82) is 0 Å². The Bertz CT molecular complexity index is 613. The molecule has 0 aromatic carbocycles. The first kappa shape index (κ1) is 9.96. The zero-order chi connectivity index (χ0) is 11.3. The second kappa shape index (κ2) is 3.38. The van der Waals surface area contributed by atoms with Gasteiger partial charge in [0, 0.05) is 11.9 Å². The quantitative estimate of drug-likeness (QED) is 0.695. The zero-order valence-electron chi connectivity index (χ0n) is 9.36. The Hall–Kier alpha value is -1.23. The first-order valence-electron chi connectivity index (χ1n) is 5.51. The van der Waals surface area contributed by atoms with Gasteiger partial charge in [-0.05, 0) is 30.7 Å². The lowest BCUT2D eigenvalue weighted by molar-refractivity contribution is 0.509. The fourth-order valence-corrected chi connectivity index (χ4v) is 3.66. The van der Waals surface area contributed by atoms with E-state index in [0.717, 1.165) is 29.0 Å². The first-order valence-corrected chi connectivity index (χ1v) is 6.32. The number of aromatic nitrogens is 3. The van der Waals surface area contributed by atoms with Gasteiger partial charge in [-0.15, -0.1) is 16.4 Å². The van der Waals surface area contributed by atoms with Crippen LogP contribution in [-0.2, 0) is 19.9 Å². The van der Waals surface area contributed by atoms with Crippen LogP contribution in [0.25, 0.3) is 10.2 Å². The van der Waals surface area contributed by atoms with Crippen LogP contribution in [-0.4, -0.2) is 15.0 Å². The number of nitrogens with zero attached hydrogens (tertiary/aromatic N) is 3. The third-order valence-electron chi connectivity index (χ3n) is 3.27. The van der Waals surface area contributed by atoms with Crippen molar-refractivity contribution >= 4 is 21.6 Å². The molecule has 0 bridgehead atoms. The summed E-state index contributed by atoms with van der Waals surface area (Å²) in [4.78, 5) is 14.2. The van der Waals surface area contributed by atoms with Crippen molar-refractivity contribution in [3.63, 3.8) is 0 Å². The summed E-state index contributed by atoms with van der Waals surface area (Å²) < 4.78 is 1.33. The van der Waals surface area contributed by atoms with E-state index >= 15 is 0 Å². The average Bonchev–Trinajstić information content (AvgIpc) is 2.61. The van der Waals surface area contributed by atoms with E-state index in [-0.39, 0.29) is 5.56 Å². The molecule has 16 heavy (non-hydrogen) atoms. The topological polar surface area (TPSA) is 47.8 Å². The molecule has 2 heterocycles. The lowest BCUT2D eigenvalue weighted by Crippen LogP contribution is -2.21. The average molecular weight is 235 g/mol. The van der Waals surface area contributed by atoms with E-state index in [9.17, 15) is 4.79 Å². The molecule has 2 aromatic heterocycles. The van der Waals surface area contributed by atoms with Crippen LogP contribution in [0.5, 0.6) is 0 Å². The van der Waals surface area contributed by atoms with Crippen LogP contribution in [0.1, 0.15) is 23.8 Å². The molecule has 0 saturated carbocycles. The molecule has 0 N–H and O–H groups in total. The van der Waals surface area contributed by atoms with E-state index < -0.39 is 0 Å². The normalized spacial score (nSPS) is 20.0. The third-order valence-corrected chi connectivity index (χ3v) is 4.41. The molecule has 0 radical (unpaired) electrons. The van der Waals surface area contributed by atoms with E-state index in [4.69, 9.17) is 0 Å². The molecule has 0 spiro atoms. The maximum absolute atomic E-state index is 12.0. The number of rotatable bonds is 0. The maximum Gasteiger partial charge on any atom is 0.278 e. The van der Waals surface area contributed by atoms with E-state index in [1.807, 2.05) is 0 Å². The highest BCUT2D eigenvalue weighted by atomic mass is 32.1. The zero-order valence-corrected chi connectivity index (χ0v) is 10.2. The van der Waals surface area contributed by atoms with Crippen molar-refractivity contribution in [2.45, 2.75) is 26.2 Å². The molecule has 1 aliphatic rings.